The van der Waals surface area contributed by atoms with Gasteiger partial charge in [0.2, 0.25) is 0 Å². The lowest BCUT2D eigenvalue weighted by molar-refractivity contribution is 0.130. The molecule has 0 fully saturated rings. The summed E-state index contributed by atoms with van der Waals surface area (Å²) in [6, 6.07) is 18.5. The second-order valence-electron chi connectivity index (χ2n) is 5.97. The molecule has 0 saturated heterocycles. The molecule has 0 aliphatic rings. The number of nitrogens with zero attached hydrogens (tertiary/aromatic N) is 1. The maximum absolute atomic E-state index is 10.8. The summed E-state index contributed by atoms with van der Waals surface area (Å²) in [6.45, 7) is 5.60. The third kappa shape index (κ3) is 3.16. The maximum Gasteiger partial charge on any atom is 0.0912 e. The number of rotatable bonds is 6. The van der Waals surface area contributed by atoms with Crippen molar-refractivity contribution in [2.24, 2.45) is 0 Å². The van der Waals surface area contributed by atoms with E-state index in [1.807, 2.05) is 18.2 Å². The molecular weight excluding hydrogens is 284 g/mol. The molecule has 2 N–H and O–H groups in total. The highest BCUT2D eigenvalue weighted by Crippen LogP contribution is 2.30. The molecular formula is C20H24N2O. The van der Waals surface area contributed by atoms with Crippen LogP contribution in [0.1, 0.15) is 24.1 Å². The molecule has 2 atom stereocenters. The monoisotopic (exact) mass is 308 g/mol. The molecule has 3 rings (SSSR count). The fraction of sp³-hybridized carbons (Fsp3) is 0.300. The van der Waals surface area contributed by atoms with Crippen LogP contribution in [0.25, 0.3) is 10.9 Å². The Morgan fingerprint density at radius 2 is 1.74 bits per heavy atom. The zero-order valence-electron chi connectivity index (χ0n) is 13.7. The fourth-order valence-corrected chi connectivity index (χ4v) is 3.23. The Morgan fingerprint density at radius 1 is 1.04 bits per heavy atom. The van der Waals surface area contributed by atoms with Crippen molar-refractivity contribution in [3.8, 4) is 0 Å². The van der Waals surface area contributed by atoms with E-state index in [1.54, 1.807) is 0 Å². The molecule has 0 aliphatic heterocycles. The lowest BCUT2D eigenvalue weighted by Gasteiger charge is -2.26. The third-order valence-electron chi connectivity index (χ3n) is 4.35. The van der Waals surface area contributed by atoms with Crippen molar-refractivity contribution in [2.45, 2.75) is 26.0 Å². The third-order valence-corrected chi connectivity index (χ3v) is 4.35. The van der Waals surface area contributed by atoms with E-state index in [0.717, 1.165) is 17.6 Å². The molecule has 0 amide bonds. The van der Waals surface area contributed by atoms with Gasteiger partial charge in [0.15, 0.2) is 0 Å². The summed E-state index contributed by atoms with van der Waals surface area (Å²) in [6.07, 6.45) is 1.66. The van der Waals surface area contributed by atoms with E-state index in [2.05, 4.69) is 66.3 Å². The van der Waals surface area contributed by atoms with Gasteiger partial charge in [-0.1, -0.05) is 55.5 Å². The van der Waals surface area contributed by atoms with Crippen LogP contribution >= 0.6 is 0 Å². The normalized spacial score (nSPS) is 14.0. The molecule has 3 aromatic rings. The smallest absolute Gasteiger partial charge is 0.0912 e. The lowest BCUT2D eigenvalue weighted by Crippen LogP contribution is -2.34. The SMILES string of the molecule is CCNC[C@H](O)[C@@H](c1ccccc1)n1cc(C)c2ccccc21. The minimum absolute atomic E-state index is 0.103. The first-order chi connectivity index (χ1) is 11.2. The molecule has 3 nitrogen and oxygen atoms in total. The number of fused-ring (bicyclic) bond motifs is 1. The van der Waals surface area contributed by atoms with Gasteiger partial charge in [0.1, 0.15) is 0 Å². The van der Waals surface area contributed by atoms with Gasteiger partial charge in [0, 0.05) is 23.6 Å². The Bertz CT molecular complexity index is 764. The summed E-state index contributed by atoms with van der Waals surface area (Å²) in [5.74, 6) is 0. The van der Waals surface area contributed by atoms with Crippen LogP contribution in [0.2, 0.25) is 0 Å². The topological polar surface area (TPSA) is 37.2 Å². The quantitative estimate of drug-likeness (QED) is 0.731. The summed E-state index contributed by atoms with van der Waals surface area (Å²) >= 11 is 0. The minimum atomic E-state index is -0.493. The van der Waals surface area contributed by atoms with Crippen LogP contribution in [-0.4, -0.2) is 28.9 Å². The molecule has 120 valence electrons. The van der Waals surface area contributed by atoms with Crippen LogP contribution in [0.15, 0.2) is 60.8 Å². The lowest BCUT2D eigenvalue weighted by atomic mass is 10.0. The highest BCUT2D eigenvalue weighted by Gasteiger charge is 2.24. The van der Waals surface area contributed by atoms with Crippen LogP contribution in [-0.2, 0) is 0 Å². The second-order valence-corrected chi connectivity index (χ2v) is 5.97. The number of aromatic nitrogens is 1. The minimum Gasteiger partial charge on any atom is -0.389 e. The number of aliphatic hydroxyl groups is 1. The highest BCUT2D eigenvalue weighted by molar-refractivity contribution is 5.84. The Morgan fingerprint density at radius 3 is 2.48 bits per heavy atom. The molecule has 0 spiro atoms. The number of hydrogen-bond acceptors (Lipinski definition) is 2. The first-order valence-electron chi connectivity index (χ1n) is 8.22. The molecule has 0 bridgehead atoms. The number of hydrogen-bond donors (Lipinski definition) is 2. The van der Waals surface area contributed by atoms with E-state index in [9.17, 15) is 5.11 Å². The van der Waals surface area contributed by atoms with Gasteiger partial charge in [0.25, 0.3) is 0 Å². The zero-order chi connectivity index (χ0) is 16.2. The molecule has 1 heterocycles. The molecule has 0 radical (unpaired) electrons. The van der Waals surface area contributed by atoms with Crippen LogP contribution in [0.5, 0.6) is 0 Å². The van der Waals surface area contributed by atoms with Gasteiger partial charge in [-0.25, -0.2) is 0 Å². The van der Waals surface area contributed by atoms with E-state index in [0.29, 0.717) is 6.54 Å². The van der Waals surface area contributed by atoms with Gasteiger partial charge < -0.3 is 15.0 Å². The first kappa shape index (κ1) is 15.8. The Kier molecular flexibility index (Phi) is 4.79. The number of likely N-dealkylation sites (N-methyl/N-ethyl adjacent to an activating group) is 1. The number of aryl methyl sites for hydroxylation is 1. The van der Waals surface area contributed by atoms with Crippen molar-refractivity contribution in [3.63, 3.8) is 0 Å². The Labute approximate surface area is 137 Å². The van der Waals surface area contributed by atoms with E-state index in [-0.39, 0.29) is 6.04 Å². The summed E-state index contributed by atoms with van der Waals surface area (Å²) in [5.41, 5.74) is 3.52. The maximum atomic E-state index is 10.8. The molecule has 3 heteroatoms. The van der Waals surface area contributed by atoms with Crippen LogP contribution in [0.3, 0.4) is 0 Å². The van der Waals surface area contributed by atoms with Crippen molar-refractivity contribution in [1.82, 2.24) is 9.88 Å². The average Bonchev–Trinajstić information content (AvgIpc) is 2.91. The summed E-state index contributed by atoms with van der Waals surface area (Å²) in [4.78, 5) is 0. The molecule has 0 saturated carbocycles. The average molecular weight is 308 g/mol. The predicted molar refractivity (Wildman–Crippen MR) is 95.8 cm³/mol. The van der Waals surface area contributed by atoms with Gasteiger partial charge in [-0.3, -0.25) is 0 Å². The summed E-state index contributed by atoms with van der Waals surface area (Å²) in [7, 11) is 0. The van der Waals surface area contributed by atoms with Crippen LogP contribution < -0.4 is 5.32 Å². The number of para-hydroxylation sites is 1. The Balaban J connectivity index is 2.10. The molecule has 0 unspecified atom stereocenters. The number of benzene rings is 2. The van der Waals surface area contributed by atoms with Crippen molar-refractivity contribution in [3.05, 3.63) is 71.9 Å². The second kappa shape index (κ2) is 6.99. The van der Waals surface area contributed by atoms with E-state index in [4.69, 9.17) is 0 Å². The molecule has 23 heavy (non-hydrogen) atoms. The first-order valence-corrected chi connectivity index (χ1v) is 8.22. The van der Waals surface area contributed by atoms with E-state index < -0.39 is 6.10 Å². The highest BCUT2D eigenvalue weighted by atomic mass is 16.3. The predicted octanol–water partition coefficient (Wildman–Crippen LogP) is 3.51. The zero-order valence-corrected chi connectivity index (χ0v) is 13.7. The van der Waals surface area contributed by atoms with Crippen molar-refractivity contribution < 1.29 is 5.11 Å². The van der Waals surface area contributed by atoms with Crippen LogP contribution in [0.4, 0.5) is 0 Å². The standard InChI is InChI=1S/C20H24N2O/c1-3-21-13-19(23)20(16-9-5-4-6-10-16)22-14-15(2)17-11-7-8-12-18(17)22/h4-12,14,19-21,23H,3,13H2,1-2H3/t19-,20+/m0/s1. The van der Waals surface area contributed by atoms with Crippen molar-refractivity contribution in [2.75, 3.05) is 13.1 Å². The van der Waals surface area contributed by atoms with Crippen LogP contribution in [0, 0.1) is 6.92 Å². The molecule has 0 aliphatic carbocycles. The van der Waals surface area contributed by atoms with E-state index in [1.165, 1.54) is 10.9 Å². The summed E-state index contributed by atoms with van der Waals surface area (Å²) < 4.78 is 2.21. The van der Waals surface area contributed by atoms with E-state index >= 15 is 0 Å². The largest absolute Gasteiger partial charge is 0.389 e. The summed E-state index contributed by atoms with van der Waals surface area (Å²) in [5, 5.41) is 15.3. The van der Waals surface area contributed by atoms with Gasteiger partial charge in [-0.15, -0.1) is 0 Å². The van der Waals surface area contributed by atoms with Gasteiger partial charge in [-0.2, -0.15) is 0 Å². The number of aliphatic hydroxyl groups excluding tert-OH is 1. The molecule has 2 aromatic carbocycles. The van der Waals surface area contributed by atoms with Gasteiger partial charge >= 0.3 is 0 Å². The fourth-order valence-electron chi connectivity index (χ4n) is 3.23. The Hall–Kier alpha value is -2.10. The van der Waals surface area contributed by atoms with Crippen molar-refractivity contribution in [1.29, 1.82) is 0 Å². The van der Waals surface area contributed by atoms with Crippen molar-refractivity contribution >= 4 is 10.9 Å². The van der Waals surface area contributed by atoms with Gasteiger partial charge in [0.05, 0.1) is 12.1 Å². The van der Waals surface area contributed by atoms with Gasteiger partial charge in [-0.05, 0) is 30.7 Å². The molecule has 1 aromatic heterocycles. The number of nitrogens with one attached hydrogen (secondary N) is 1.